The van der Waals surface area contributed by atoms with Gasteiger partial charge in [-0.2, -0.15) is 18.3 Å². The highest BCUT2D eigenvalue weighted by atomic mass is 19.4. The van der Waals surface area contributed by atoms with Crippen molar-refractivity contribution in [2.24, 2.45) is 0 Å². The smallest absolute Gasteiger partial charge is 0.379 e. The third kappa shape index (κ3) is 3.13. The van der Waals surface area contributed by atoms with Gasteiger partial charge in [-0.3, -0.25) is 4.90 Å². The summed E-state index contributed by atoms with van der Waals surface area (Å²) < 4.78 is 52.5. The number of rotatable bonds is 2. The zero-order chi connectivity index (χ0) is 19.3. The second-order valence-electron chi connectivity index (χ2n) is 7.65. The number of fused-ring (bicyclic) bond motifs is 2. The van der Waals surface area contributed by atoms with E-state index >= 15 is 0 Å². The van der Waals surface area contributed by atoms with Crippen LogP contribution in [0.2, 0.25) is 0 Å². The summed E-state index contributed by atoms with van der Waals surface area (Å²) in [5.41, 5.74) is 3.15. The van der Waals surface area contributed by atoms with Crippen molar-refractivity contribution in [3.05, 3.63) is 46.3 Å². The number of hydrogen-bond donors (Lipinski definition) is 0. The summed E-state index contributed by atoms with van der Waals surface area (Å²) in [5, 5.41) is 3.95. The van der Waals surface area contributed by atoms with E-state index in [-0.39, 0.29) is 12.2 Å². The number of alkyl halides is 3. The lowest BCUT2D eigenvalue weighted by Gasteiger charge is -2.32. The van der Waals surface area contributed by atoms with Gasteiger partial charge in [0.15, 0.2) is 5.69 Å². The van der Waals surface area contributed by atoms with Gasteiger partial charge in [0, 0.05) is 31.1 Å². The molecule has 0 unspecified atom stereocenters. The van der Waals surface area contributed by atoms with Crippen molar-refractivity contribution in [1.29, 1.82) is 0 Å². The fourth-order valence-corrected chi connectivity index (χ4v) is 4.59. The molecule has 2 aromatic rings. The molecule has 1 aliphatic carbocycles. The van der Waals surface area contributed by atoms with Crippen LogP contribution in [-0.2, 0) is 41.5 Å². The van der Waals surface area contributed by atoms with E-state index in [1.165, 1.54) is 15.8 Å². The summed E-state index contributed by atoms with van der Waals surface area (Å²) in [4.78, 5) is 2.46. The monoisotopic (exact) mass is 393 g/mol. The molecule has 3 heterocycles. The number of morpholine rings is 1. The second kappa shape index (κ2) is 6.86. The van der Waals surface area contributed by atoms with Gasteiger partial charge >= 0.3 is 6.18 Å². The molecule has 0 spiro atoms. The Labute approximate surface area is 161 Å². The molecule has 28 heavy (non-hydrogen) atoms. The third-order valence-corrected chi connectivity index (χ3v) is 6.00. The zero-order valence-corrected chi connectivity index (χ0v) is 15.5. The lowest BCUT2D eigenvalue weighted by molar-refractivity contribution is -0.142. The minimum absolute atomic E-state index is 0.0335. The van der Waals surface area contributed by atoms with Gasteiger partial charge in [-0.25, -0.2) is 4.68 Å². The first kappa shape index (κ1) is 18.1. The molecule has 0 bridgehead atoms. The lowest BCUT2D eigenvalue weighted by Crippen LogP contribution is -2.43. The van der Waals surface area contributed by atoms with Crippen molar-refractivity contribution in [3.63, 3.8) is 0 Å². The van der Waals surface area contributed by atoms with Gasteiger partial charge in [0.2, 0.25) is 0 Å². The quantitative estimate of drug-likeness (QED) is 0.787. The summed E-state index contributed by atoms with van der Waals surface area (Å²) in [7, 11) is 0. The highest BCUT2D eigenvalue weighted by Crippen LogP contribution is 2.36. The number of hydrogen-bond acceptors (Lipinski definition) is 4. The molecule has 0 N–H and O–H groups in total. The SMILES string of the molecule is FC(F)(F)c1nn(-c2ccc3c(c2)C[C@@H](N2CCOCC2)C3)c2c1COCC2. The van der Waals surface area contributed by atoms with Crippen LogP contribution in [-0.4, -0.2) is 53.6 Å². The molecule has 0 radical (unpaired) electrons. The normalized spacial score (nSPS) is 22.9. The van der Waals surface area contributed by atoms with Gasteiger partial charge in [-0.1, -0.05) is 6.07 Å². The summed E-state index contributed by atoms with van der Waals surface area (Å²) in [6.45, 7) is 3.79. The van der Waals surface area contributed by atoms with Crippen LogP contribution >= 0.6 is 0 Å². The van der Waals surface area contributed by atoms with Crippen LogP contribution in [0.4, 0.5) is 13.2 Å². The molecule has 150 valence electrons. The van der Waals surface area contributed by atoms with Crippen LogP contribution in [0, 0.1) is 0 Å². The minimum Gasteiger partial charge on any atom is -0.379 e. The molecule has 1 aromatic carbocycles. The standard InChI is InChI=1S/C20H22F3N3O2/c21-20(22,23)19-17-12-28-6-3-18(17)26(24-19)15-2-1-13-9-16(11-14(13)10-15)25-4-7-27-8-5-25/h1-2,10,16H,3-9,11-12H2/t16-/m0/s1. The second-order valence-corrected chi connectivity index (χ2v) is 7.65. The van der Waals surface area contributed by atoms with E-state index in [4.69, 9.17) is 9.47 Å². The fraction of sp³-hybridized carbons (Fsp3) is 0.550. The van der Waals surface area contributed by atoms with Gasteiger partial charge in [0.25, 0.3) is 0 Å². The molecule has 2 aliphatic heterocycles. The summed E-state index contributed by atoms with van der Waals surface area (Å²) in [5.74, 6) is 0. The van der Waals surface area contributed by atoms with Crippen LogP contribution in [0.15, 0.2) is 18.2 Å². The van der Waals surface area contributed by atoms with Crippen molar-refractivity contribution >= 4 is 0 Å². The molecule has 0 amide bonds. The summed E-state index contributed by atoms with van der Waals surface area (Å²) in [6.07, 6.45) is -2.14. The molecular formula is C20H22F3N3O2. The predicted octanol–water partition coefficient (Wildman–Crippen LogP) is 2.76. The molecule has 0 saturated carbocycles. The highest BCUT2D eigenvalue weighted by molar-refractivity contribution is 5.46. The first-order chi connectivity index (χ1) is 13.5. The van der Waals surface area contributed by atoms with Crippen molar-refractivity contribution in [1.82, 2.24) is 14.7 Å². The van der Waals surface area contributed by atoms with E-state index in [0.29, 0.717) is 30.5 Å². The Kier molecular flexibility index (Phi) is 4.45. The van der Waals surface area contributed by atoms with E-state index in [0.717, 1.165) is 39.1 Å². The van der Waals surface area contributed by atoms with Crippen molar-refractivity contribution in [2.45, 2.75) is 38.1 Å². The van der Waals surface area contributed by atoms with Crippen molar-refractivity contribution in [2.75, 3.05) is 32.9 Å². The number of ether oxygens (including phenoxy) is 2. The third-order valence-electron chi connectivity index (χ3n) is 6.00. The minimum atomic E-state index is -4.48. The van der Waals surface area contributed by atoms with E-state index in [1.807, 2.05) is 18.2 Å². The Balaban J connectivity index is 1.47. The predicted molar refractivity (Wildman–Crippen MR) is 95.5 cm³/mol. The average molecular weight is 393 g/mol. The number of aromatic nitrogens is 2. The zero-order valence-electron chi connectivity index (χ0n) is 15.5. The van der Waals surface area contributed by atoms with Gasteiger partial charge in [0.1, 0.15) is 0 Å². The van der Waals surface area contributed by atoms with Gasteiger partial charge in [0.05, 0.1) is 37.8 Å². The summed E-state index contributed by atoms with van der Waals surface area (Å²) >= 11 is 0. The van der Waals surface area contributed by atoms with Gasteiger partial charge in [-0.05, 0) is 36.1 Å². The molecule has 1 fully saturated rings. The maximum Gasteiger partial charge on any atom is 0.435 e. The van der Waals surface area contributed by atoms with Crippen LogP contribution in [0.25, 0.3) is 5.69 Å². The van der Waals surface area contributed by atoms with Crippen molar-refractivity contribution in [3.8, 4) is 5.69 Å². The molecule has 1 aromatic heterocycles. The van der Waals surface area contributed by atoms with Crippen LogP contribution in [0.5, 0.6) is 0 Å². The lowest BCUT2D eigenvalue weighted by atomic mass is 10.1. The van der Waals surface area contributed by atoms with E-state index in [9.17, 15) is 13.2 Å². The Hall–Kier alpha value is -1.90. The summed E-state index contributed by atoms with van der Waals surface area (Å²) in [6, 6.07) is 6.40. The molecule has 1 saturated heterocycles. The molecule has 5 rings (SSSR count). The van der Waals surface area contributed by atoms with Crippen LogP contribution in [0.3, 0.4) is 0 Å². The van der Waals surface area contributed by atoms with E-state index < -0.39 is 11.9 Å². The van der Waals surface area contributed by atoms with Gasteiger partial charge in [-0.15, -0.1) is 0 Å². The molecule has 3 aliphatic rings. The van der Waals surface area contributed by atoms with Crippen LogP contribution < -0.4 is 0 Å². The Morgan fingerprint density at radius 3 is 2.57 bits per heavy atom. The molecule has 5 nitrogen and oxygen atoms in total. The maximum absolute atomic E-state index is 13.4. The Morgan fingerprint density at radius 2 is 1.79 bits per heavy atom. The fourth-order valence-electron chi connectivity index (χ4n) is 4.59. The number of nitrogens with zero attached hydrogens (tertiary/aromatic N) is 3. The molecule has 1 atom stereocenters. The maximum atomic E-state index is 13.4. The van der Waals surface area contributed by atoms with E-state index in [2.05, 4.69) is 10.00 Å². The van der Waals surface area contributed by atoms with Gasteiger partial charge < -0.3 is 9.47 Å². The number of benzene rings is 1. The molecular weight excluding hydrogens is 371 g/mol. The van der Waals surface area contributed by atoms with E-state index in [1.54, 1.807) is 0 Å². The Bertz CT molecular complexity index is 888. The average Bonchev–Trinajstić information content (AvgIpc) is 3.29. The number of halogens is 3. The first-order valence-corrected chi connectivity index (χ1v) is 9.70. The largest absolute Gasteiger partial charge is 0.435 e. The van der Waals surface area contributed by atoms with Crippen LogP contribution in [0.1, 0.15) is 28.1 Å². The van der Waals surface area contributed by atoms with Crippen molar-refractivity contribution < 1.29 is 22.6 Å². The highest BCUT2D eigenvalue weighted by Gasteiger charge is 2.40. The Morgan fingerprint density at radius 1 is 1.00 bits per heavy atom. The first-order valence-electron chi connectivity index (χ1n) is 9.70. The topological polar surface area (TPSA) is 39.5 Å². The molecule has 8 heteroatoms.